The minimum atomic E-state index is -0.161. The molecule has 0 saturated carbocycles. The third-order valence-electron chi connectivity index (χ3n) is 2.96. The lowest BCUT2D eigenvalue weighted by molar-refractivity contribution is 0.647. The van der Waals surface area contributed by atoms with E-state index in [0.29, 0.717) is 16.6 Å². The van der Waals surface area contributed by atoms with Gasteiger partial charge in [0, 0.05) is 18.7 Å². The Hall–Kier alpha value is -1.61. The van der Waals surface area contributed by atoms with Gasteiger partial charge in [-0.1, -0.05) is 49.7 Å². The van der Waals surface area contributed by atoms with E-state index in [4.69, 9.17) is 11.6 Å². The van der Waals surface area contributed by atoms with Crippen LogP contribution in [0.2, 0.25) is 5.15 Å². The van der Waals surface area contributed by atoms with E-state index in [1.807, 2.05) is 12.1 Å². The standard InChI is InChI=1S/C15H17ClN2O/c1-10(2)8-11-4-6-12(7-5-11)13-9-14(19)18(3)17-15(13)16/h4-7,9-10H,8H2,1-3H3. The molecule has 0 aliphatic heterocycles. The summed E-state index contributed by atoms with van der Waals surface area (Å²) in [6.45, 7) is 4.38. The number of nitrogens with zero attached hydrogens (tertiary/aromatic N) is 2. The van der Waals surface area contributed by atoms with Crippen LogP contribution in [0.1, 0.15) is 19.4 Å². The van der Waals surface area contributed by atoms with Crippen molar-refractivity contribution >= 4 is 11.6 Å². The van der Waals surface area contributed by atoms with E-state index in [0.717, 1.165) is 12.0 Å². The van der Waals surface area contributed by atoms with Gasteiger partial charge in [-0.3, -0.25) is 4.79 Å². The number of aromatic nitrogens is 2. The highest BCUT2D eigenvalue weighted by atomic mass is 35.5. The Morgan fingerprint density at radius 3 is 2.47 bits per heavy atom. The summed E-state index contributed by atoms with van der Waals surface area (Å²) in [5.74, 6) is 0.625. The van der Waals surface area contributed by atoms with E-state index in [1.165, 1.54) is 16.3 Å². The summed E-state index contributed by atoms with van der Waals surface area (Å²) in [5, 5.41) is 4.34. The molecule has 100 valence electrons. The lowest BCUT2D eigenvalue weighted by Gasteiger charge is -2.08. The number of benzene rings is 1. The molecule has 1 aromatic carbocycles. The Bertz CT molecular complexity index is 630. The van der Waals surface area contributed by atoms with E-state index < -0.39 is 0 Å². The minimum absolute atomic E-state index is 0.161. The zero-order valence-electron chi connectivity index (χ0n) is 11.4. The van der Waals surface area contributed by atoms with Crippen LogP contribution in [0.4, 0.5) is 0 Å². The van der Waals surface area contributed by atoms with Crippen molar-refractivity contribution < 1.29 is 0 Å². The van der Waals surface area contributed by atoms with Crippen LogP contribution in [0.3, 0.4) is 0 Å². The Kier molecular flexibility index (Phi) is 4.05. The summed E-state index contributed by atoms with van der Waals surface area (Å²) in [6, 6.07) is 9.64. The van der Waals surface area contributed by atoms with E-state index in [1.54, 1.807) is 7.05 Å². The maximum absolute atomic E-state index is 11.6. The summed E-state index contributed by atoms with van der Waals surface area (Å²) >= 11 is 6.09. The van der Waals surface area contributed by atoms with Crippen LogP contribution in [-0.2, 0) is 13.5 Å². The van der Waals surface area contributed by atoms with E-state index in [-0.39, 0.29) is 5.56 Å². The molecule has 0 aliphatic carbocycles. The fourth-order valence-corrected chi connectivity index (χ4v) is 2.28. The number of hydrogen-bond donors (Lipinski definition) is 0. The van der Waals surface area contributed by atoms with E-state index >= 15 is 0 Å². The Morgan fingerprint density at radius 2 is 1.89 bits per heavy atom. The summed E-state index contributed by atoms with van der Waals surface area (Å²) < 4.78 is 1.24. The van der Waals surface area contributed by atoms with Crippen molar-refractivity contribution in [2.45, 2.75) is 20.3 Å². The van der Waals surface area contributed by atoms with Crippen LogP contribution >= 0.6 is 11.6 Å². The Morgan fingerprint density at radius 1 is 1.26 bits per heavy atom. The van der Waals surface area contributed by atoms with Crippen LogP contribution in [-0.4, -0.2) is 9.78 Å². The zero-order chi connectivity index (χ0) is 14.0. The molecular weight excluding hydrogens is 260 g/mol. The van der Waals surface area contributed by atoms with Crippen LogP contribution in [0.15, 0.2) is 35.1 Å². The van der Waals surface area contributed by atoms with Gasteiger partial charge in [0.05, 0.1) is 0 Å². The SMILES string of the molecule is CC(C)Cc1ccc(-c2cc(=O)n(C)nc2Cl)cc1. The molecule has 0 bridgehead atoms. The van der Waals surface area contributed by atoms with Crippen LogP contribution in [0, 0.1) is 5.92 Å². The predicted octanol–water partition coefficient (Wildman–Crippen LogP) is 3.30. The first-order chi connectivity index (χ1) is 8.97. The molecule has 0 radical (unpaired) electrons. The summed E-state index contributed by atoms with van der Waals surface area (Å²) in [4.78, 5) is 11.6. The Labute approximate surface area is 117 Å². The molecular formula is C15H17ClN2O. The molecule has 0 unspecified atom stereocenters. The number of aryl methyl sites for hydroxylation is 1. The lowest BCUT2D eigenvalue weighted by Crippen LogP contribution is -2.18. The van der Waals surface area contributed by atoms with Crippen molar-refractivity contribution in [2.75, 3.05) is 0 Å². The quantitative estimate of drug-likeness (QED) is 0.862. The number of hydrogen-bond acceptors (Lipinski definition) is 2. The van der Waals surface area contributed by atoms with Crippen LogP contribution in [0.5, 0.6) is 0 Å². The van der Waals surface area contributed by atoms with Crippen molar-refractivity contribution in [1.29, 1.82) is 0 Å². The minimum Gasteiger partial charge on any atom is -0.268 e. The zero-order valence-corrected chi connectivity index (χ0v) is 12.1. The van der Waals surface area contributed by atoms with Gasteiger partial charge in [0.25, 0.3) is 5.56 Å². The smallest absolute Gasteiger partial charge is 0.267 e. The first-order valence-corrected chi connectivity index (χ1v) is 6.68. The summed E-state index contributed by atoms with van der Waals surface area (Å²) in [7, 11) is 1.59. The molecule has 0 N–H and O–H groups in total. The topological polar surface area (TPSA) is 34.9 Å². The number of rotatable bonds is 3. The average molecular weight is 277 g/mol. The molecule has 3 nitrogen and oxygen atoms in total. The van der Waals surface area contributed by atoms with Crippen molar-refractivity contribution in [1.82, 2.24) is 9.78 Å². The molecule has 1 aromatic heterocycles. The highest BCUT2D eigenvalue weighted by molar-refractivity contribution is 6.32. The van der Waals surface area contributed by atoms with Crippen LogP contribution < -0.4 is 5.56 Å². The second-order valence-corrected chi connectivity index (χ2v) is 5.46. The highest BCUT2D eigenvalue weighted by Crippen LogP contribution is 2.25. The molecule has 2 aromatic rings. The molecule has 1 heterocycles. The van der Waals surface area contributed by atoms with E-state index in [9.17, 15) is 4.79 Å². The summed E-state index contributed by atoms with van der Waals surface area (Å²) in [5.41, 5.74) is 2.72. The Balaban J connectivity index is 2.37. The van der Waals surface area contributed by atoms with Crippen molar-refractivity contribution in [2.24, 2.45) is 13.0 Å². The molecule has 2 rings (SSSR count). The van der Waals surface area contributed by atoms with Crippen molar-refractivity contribution in [3.05, 3.63) is 51.4 Å². The maximum Gasteiger partial charge on any atom is 0.267 e. The lowest BCUT2D eigenvalue weighted by atomic mass is 10.00. The van der Waals surface area contributed by atoms with Gasteiger partial charge in [0.2, 0.25) is 0 Å². The van der Waals surface area contributed by atoms with Gasteiger partial charge in [-0.2, -0.15) is 5.10 Å². The fourth-order valence-electron chi connectivity index (χ4n) is 2.01. The molecule has 0 amide bonds. The first kappa shape index (κ1) is 13.8. The molecule has 4 heteroatoms. The predicted molar refractivity (Wildman–Crippen MR) is 78.5 cm³/mol. The molecule has 0 aliphatic rings. The van der Waals surface area contributed by atoms with E-state index in [2.05, 4.69) is 31.1 Å². The van der Waals surface area contributed by atoms with Gasteiger partial charge in [-0.15, -0.1) is 0 Å². The molecule has 0 saturated heterocycles. The van der Waals surface area contributed by atoms with Gasteiger partial charge in [0.15, 0.2) is 5.15 Å². The highest BCUT2D eigenvalue weighted by Gasteiger charge is 2.08. The van der Waals surface area contributed by atoms with Gasteiger partial charge in [-0.05, 0) is 23.5 Å². The third kappa shape index (κ3) is 3.24. The molecule has 0 atom stereocenters. The third-order valence-corrected chi connectivity index (χ3v) is 3.23. The fraction of sp³-hybridized carbons (Fsp3) is 0.333. The monoisotopic (exact) mass is 276 g/mol. The second kappa shape index (κ2) is 5.57. The van der Waals surface area contributed by atoms with Gasteiger partial charge < -0.3 is 0 Å². The first-order valence-electron chi connectivity index (χ1n) is 6.30. The van der Waals surface area contributed by atoms with Gasteiger partial charge in [-0.25, -0.2) is 4.68 Å². The maximum atomic E-state index is 11.6. The van der Waals surface area contributed by atoms with Crippen molar-refractivity contribution in [3.63, 3.8) is 0 Å². The second-order valence-electron chi connectivity index (χ2n) is 5.11. The summed E-state index contributed by atoms with van der Waals surface area (Å²) in [6.07, 6.45) is 1.04. The largest absolute Gasteiger partial charge is 0.268 e. The van der Waals surface area contributed by atoms with Gasteiger partial charge >= 0.3 is 0 Å². The molecule has 0 spiro atoms. The van der Waals surface area contributed by atoms with Gasteiger partial charge in [0.1, 0.15) is 0 Å². The molecule has 0 fully saturated rings. The normalized spacial score (nSPS) is 11.0. The average Bonchev–Trinajstić information content (AvgIpc) is 2.34. The number of halogens is 1. The molecule has 19 heavy (non-hydrogen) atoms. The van der Waals surface area contributed by atoms with Crippen molar-refractivity contribution in [3.8, 4) is 11.1 Å². The van der Waals surface area contributed by atoms with Crippen LogP contribution in [0.25, 0.3) is 11.1 Å².